The zero-order valence-corrected chi connectivity index (χ0v) is 16.7. The fourth-order valence-corrected chi connectivity index (χ4v) is 4.24. The predicted molar refractivity (Wildman–Crippen MR) is 113 cm³/mol. The summed E-state index contributed by atoms with van der Waals surface area (Å²) in [4.78, 5) is 19.9. The summed E-state index contributed by atoms with van der Waals surface area (Å²) in [5.74, 6) is 0. The van der Waals surface area contributed by atoms with E-state index in [1.54, 1.807) is 0 Å². The first kappa shape index (κ1) is 18.8. The third-order valence-corrected chi connectivity index (χ3v) is 5.68. The number of piperidine rings is 1. The normalized spacial score (nSPS) is 17.3. The molecule has 0 unspecified atom stereocenters. The van der Waals surface area contributed by atoms with Gasteiger partial charge >= 0.3 is 0 Å². The van der Waals surface area contributed by atoms with Crippen LogP contribution in [0.2, 0.25) is 0 Å². The topological polar surface area (TPSA) is 50.2 Å². The molecule has 1 N–H and O–H groups in total. The fraction of sp³-hybridized carbons (Fsp3) is 0.391. The first-order valence-electron chi connectivity index (χ1n) is 10.1. The molecule has 28 heavy (non-hydrogen) atoms. The Bertz CT molecular complexity index is 1020. The largest absolute Gasteiger partial charge is 0.350 e. The highest BCUT2D eigenvalue weighted by atomic mass is 16.1. The average Bonchev–Trinajstić information content (AvgIpc) is 2.72. The Labute approximate surface area is 166 Å². The minimum atomic E-state index is 0.147. The van der Waals surface area contributed by atoms with Gasteiger partial charge in [-0.25, -0.2) is 0 Å². The van der Waals surface area contributed by atoms with Crippen LogP contribution in [0, 0.1) is 6.92 Å². The number of nitrogens with zero attached hydrogens (tertiary/aromatic N) is 3. The molecule has 1 aliphatic heterocycles. The maximum atomic E-state index is 13.1. The van der Waals surface area contributed by atoms with Gasteiger partial charge in [-0.05, 0) is 56.1 Å². The number of aryl methyl sites for hydroxylation is 2. The van der Waals surface area contributed by atoms with E-state index in [-0.39, 0.29) is 5.43 Å². The van der Waals surface area contributed by atoms with Crippen LogP contribution < -0.4 is 10.7 Å². The minimum absolute atomic E-state index is 0.147. The summed E-state index contributed by atoms with van der Waals surface area (Å²) < 4.78 is 2.07. The second kappa shape index (κ2) is 8.25. The number of fused-ring (bicyclic) bond motifs is 1. The van der Waals surface area contributed by atoms with Crippen molar-refractivity contribution >= 4 is 10.9 Å². The molecule has 1 fully saturated rings. The van der Waals surface area contributed by atoms with Gasteiger partial charge in [0.25, 0.3) is 0 Å². The molecule has 0 radical (unpaired) electrons. The standard InChI is InChI=1S/C23H28N4O/c1-17-12-18(9-11-25-17)14-27(20-6-5-10-24-13-20)16-19-15-26(2)22-8-4-3-7-21(22)23(19)28/h3-4,7-9,11-12,15,20,24H,5-6,10,13-14,16H2,1-2H3/t20-/m1/s1. The fourth-order valence-electron chi connectivity index (χ4n) is 4.24. The smallest absolute Gasteiger partial charge is 0.193 e. The van der Waals surface area contributed by atoms with Crippen LogP contribution in [0.15, 0.2) is 53.6 Å². The maximum Gasteiger partial charge on any atom is 0.193 e. The molecule has 0 saturated carbocycles. The summed E-state index contributed by atoms with van der Waals surface area (Å²) in [6.45, 7) is 5.56. The number of hydrogen-bond acceptors (Lipinski definition) is 4. The van der Waals surface area contributed by atoms with E-state index in [1.807, 2.05) is 50.6 Å². The lowest BCUT2D eigenvalue weighted by atomic mass is 10.0. The molecule has 3 aromatic rings. The Hall–Kier alpha value is -2.50. The molecule has 1 aromatic carbocycles. The molecule has 0 spiro atoms. The average molecular weight is 377 g/mol. The van der Waals surface area contributed by atoms with Crippen LogP contribution in [0.25, 0.3) is 10.9 Å². The summed E-state index contributed by atoms with van der Waals surface area (Å²) in [5, 5.41) is 4.31. The number of pyridine rings is 2. The van der Waals surface area contributed by atoms with E-state index in [0.29, 0.717) is 12.6 Å². The lowest BCUT2D eigenvalue weighted by molar-refractivity contribution is 0.149. The zero-order chi connectivity index (χ0) is 19.5. The molecule has 5 heteroatoms. The van der Waals surface area contributed by atoms with E-state index in [2.05, 4.69) is 31.9 Å². The van der Waals surface area contributed by atoms with E-state index < -0.39 is 0 Å². The van der Waals surface area contributed by atoms with E-state index in [4.69, 9.17) is 0 Å². The Morgan fingerprint density at radius 3 is 2.89 bits per heavy atom. The van der Waals surface area contributed by atoms with Crippen LogP contribution >= 0.6 is 0 Å². The van der Waals surface area contributed by atoms with E-state index in [0.717, 1.165) is 48.2 Å². The van der Waals surface area contributed by atoms with Crippen LogP contribution in [0.4, 0.5) is 0 Å². The van der Waals surface area contributed by atoms with Gasteiger partial charge in [-0.2, -0.15) is 0 Å². The maximum absolute atomic E-state index is 13.1. The lowest BCUT2D eigenvalue weighted by Crippen LogP contribution is -2.45. The van der Waals surface area contributed by atoms with Crippen molar-refractivity contribution in [3.8, 4) is 0 Å². The van der Waals surface area contributed by atoms with Crippen molar-refractivity contribution in [3.05, 3.63) is 75.8 Å². The first-order valence-corrected chi connectivity index (χ1v) is 10.1. The van der Waals surface area contributed by atoms with Crippen LogP contribution in [-0.2, 0) is 20.1 Å². The van der Waals surface area contributed by atoms with Gasteiger partial charge in [-0.3, -0.25) is 14.7 Å². The van der Waals surface area contributed by atoms with Gasteiger partial charge in [0, 0.05) is 61.8 Å². The quantitative estimate of drug-likeness (QED) is 0.744. The van der Waals surface area contributed by atoms with Gasteiger partial charge < -0.3 is 9.88 Å². The van der Waals surface area contributed by atoms with Gasteiger partial charge in [0.2, 0.25) is 0 Å². The molecule has 1 aliphatic rings. The highest BCUT2D eigenvalue weighted by molar-refractivity contribution is 5.79. The highest BCUT2D eigenvalue weighted by Crippen LogP contribution is 2.18. The molecule has 0 bridgehead atoms. The third kappa shape index (κ3) is 4.01. The molecule has 146 valence electrons. The molecular formula is C23H28N4O. The van der Waals surface area contributed by atoms with Crippen LogP contribution in [0.1, 0.15) is 29.7 Å². The first-order chi connectivity index (χ1) is 13.6. The van der Waals surface area contributed by atoms with Crippen molar-refractivity contribution in [2.75, 3.05) is 13.1 Å². The zero-order valence-electron chi connectivity index (χ0n) is 16.7. The third-order valence-electron chi connectivity index (χ3n) is 5.68. The molecule has 3 heterocycles. The molecule has 1 saturated heterocycles. The summed E-state index contributed by atoms with van der Waals surface area (Å²) in [5.41, 5.74) is 4.26. The van der Waals surface area contributed by atoms with Crippen molar-refractivity contribution in [2.24, 2.45) is 7.05 Å². The summed E-state index contributed by atoms with van der Waals surface area (Å²) in [7, 11) is 2.02. The summed E-state index contributed by atoms with van der Waals surface area (Å²) >= 11 is 0. The van der Waals surface area contributed by atoms with Crippen molar-refractivity contribution in [2.45, 2.75) is 38.9 Å². The van der Waals surface area contributed by atoms with Crippen molar-refractivity contribution < 1.29 is 0 Å². The van der Waals surface area contributed by atoms with Crippen molar-refractivity contribution in [1.82, 2.24) is 19.8 Å². The molecular weight excluding hydrogens is 348 g/mol. The number of para-hydroxylation sites is 1. The van der Waals surface area contributed by atoms with Gasteiger partial charge in [0.05, 0.1) is 5.52 Å². The summed E-state index contributed by atoms with van der Waals surface area (Å²) in [6.07, 6.45) is 6.21. The highest BCUT2D eigenvalue weighted by Gasteiger charge is 2.23. The predicted octanol–water partition coefficient (Wildman–Crippen LogP) is 3.00. The van der Waals surface area contributed by atoms with Gasteiger partial charge in [-0.1, -0.05) is 12.1 Å². The Morgan fingerprint density at radius 1 is 1.25 bits per heavy atom. The van der Waals surface area contributed by atoms with E-state index in [9.17, 15) is 4.79 Å². The SMILES string of the molecule is Cc1cc(CN(Cc2cn(C)c3ccccc3c2=O)[C@@H]2CCCNC2)ccn1. The van der Waals surface area contributed by atoms with Gasteiger partial charge in [0.1, 0.15) is 0 Å². The van der Waals surface area contributed by atoms with Crippen molar-refractivity contribution in [3.63, 3.8) is 0 Å². The number of benzene rings is 1. The molecule has 0 amide bonds. The molecule has 4 rings (SSSR count). The molecule has 5 nitrogen and oxygen atoms in total. The number of hydrogen-bond donors (Lipinski definition) is 1. The lowest BCUT2D eigenvalue weighted by Gasteiger charge is -2.35. The summed E-state index contributed by atoms with van der Waals surface area (Å²) in [6, 6.07) is 12.5. The minimum Gasteiger partial charge on any atom is -0.350 e. The molecule has 1 atom stereocenters. The van der Waals surface area contributed by atoms with Crippen LogP contribution in [-0.4, -0.2) is 33.6 Å². The van der Waals surface area contributed by atoms with E-state index >= 15 is 0 Å². The Balaban J connectivity index is 1.68. The number of rotatable bonds is 5. The van der Waals surface area contributed by atoms with Crippen LogP contribution in [0.3, 0.4) is 0 Å². The molecule has 0 aliphatic carbocycles. The second-order valence-corrected chi connectivity index (χ2v) is 7.82. The van der Waals surface area contributed by atoms with Gasteiger partial charge in [0.15, 0.2) is 5.43 Å². The van der Waals surface area contributed by atoms with E-state index in [1.165, 1.54) is 12.0 Å². The van der Waals surface area contributed by atoms with Crippen molar-refractivity contribution in [1.29, 1.82) is 0 Å². The number of aromatic nitrogens is 2. The number of nitrogens with one attached hydrogen (secondary N) is 1. The second-order valence-electron chi connectivity index (χ2n) is 7.82. The van der Waals surface area contributed by atoms with Gasteiger partial charge in [-0.15, -0.1) is 0 Å². The Morgan fingerprint density at radius 2 is 2.11 bits per heavy atom. The molecule has 2 aromatic heterocycles. The van der Waals surface area contributed by atoms with Crippen LogP contribution in [0.5, 0.6) is 0 Å². The Kier molecular flexibility index (Phi) is 5.55. The monoisotopic (exact) mass is 376 g/mol.